The molecule has 3 amide bonds. The van der Waals surface area contributed by atoms with E-state index in [1.54, 1.807) is 24.3 Å². The van der Waals surface area contributed by atoms with Gasteiger partial charge in [-0.25, -0.2) is 0 Å². The molecular weight excluding hydrogens is 702 g/mol. The zero-order chi connectivity index (χ0) is 34.6. The van der Waals surface area contributed by atoms with E-state index >= 15 is 0 Å². The molecule has 7 atom stereocenters. The Balaban J connectivity index is 1.49. The number of halogens is 2. The van der Waals surface area contributed by atoms with Gasteiger partial charge in [-0.1, -0.05) is 82.1 Å². The molecule has 1 unspecified atom stereocenters. The maximum atomic E-state index is 14.8. The lowest BCUT2D eigenvalue weighted by Crippen LogP contribution is -2.57. The van der Waals surface area contributed by atoms with Crippen LogP contribution in [0.2, 0.25) is 5.02 Å². The van der Waals surface area contributed by atoms with Gasteiger partial charge in [0.25, 0.3) is 5.91 Å². The van der Waals surface area contributed by atoms with Crippen LogP contribution in [0.4, 0.5) is 5.69 Å². The highest BCUT2D eigenvalue weighted by Crippen LogP contribution is 2.60. The number of esters is 1. The van der Waals surface area contributed by atoms with E-state index in [2.05, 4.69) is 34.4 Å². The number of anilines is 1. The second-order valence-electron chi connectivity index (χ2n) is 12.4. The van der Waals surface area contributed by atoms with E-state index in [0.29, 0.717) is 23.6 Å². The summed E-state index contributed by atoms with van der Waals surface area (Å²) in [6.07, 6.45) is 3.70. The SMILES string of the molecule is C=CCCC(=O)OC[C@@H](NC(=O)[C@@H]1[C@H]2O[C@@]3(CC2Br)[C@H](C(=O)N(CC=C)c2c(C)cccc2Cl)N(CCCO)C(=O)[C@@H]13)c1ccccc1. The first-order chi connectivity index (χ1) is 23.1. The maximum absolute atomic E-state index is 14.8. The molecule has 256 valence electrons. The Morgan fingerprint density at radius 2 is 1.96 bits per heavy atom. The van der Waals surface area contributed by atoms with E-state index in [1.807, 2.05) is 43.3 Å². The molecular formula is C36H41BrClN3O7. The zero-order valence-corrected chi connectivity index (χ0v) is 29.2. The molecule has 0 saturated carbocycles. The van der Waals surface area contributed by atoms with Gasteiger partial charge in [0.1, 0.15) is 18.2 Å². The topological polar surface area (TPSA) is 125 Å². The molecule has 0 aliphatic carbocycles. The Bertz CT molecular complexity index is 1540. The fourth-order valence-corrected chi connectivity index (χ4v) is 8.63. The number of carbonyl (C=O) groups is 4. The molecule has 0 aromatic heterocycles. The van der Waals surface area contributed by atoms with Crippen LogP contribution in [0.15, 0.2) is 73.8 Å². The van der Waals surface area contributed by atoms with Crippen LogP contribution in [0.25, 0.3) is 0 Å². The van der Waals surface area contributed by atoms with Crippen molar-refractivity contribution >= 4 is 56.9 Å². The quantitative estimate of drug-likeness (QED) is 0.155. The molecule has 12 heteroatoms. The number of ether oxygens (including phenoxy) is 2. The summed E-state index contributed by atoms with van der Waals surface area (Å²) in [6, 6.07) is 12.7. The summed E-state index contributed by atoms with van der Waals surface area (Å²) in [5.41, 5.74) is 0.673. The lowest BCUT2D eigenvalue weighted by atomic mass is 9.70. The van der Waals surface area contributed by atoms with Gasteiger partial charge in [-0.3, -0.25) is 19.2 Å². The summed E-state index contributed by atoms with van der Waals surface area (Å²) in [5.74, 6) is -3.56. The average Bonchev–Trinajstić information content (AvgIpc) is 3.67. The van der Waals surface area contributed by atoms with E-state index in [-0.39, 0.29) is 49.9 Å². The number of hydrogen-bond acceptors (Lipinski definition) is 7. The average molecular weight is 743 g/mol. The van der Waals surface area contributed by atoms with Crippen molar-refractivity contribution in [1.29, 1.82) is 0 Å². The molecule has 1 spiro atoms. The van der Waals surface area contributed by atoms with Crippen molar-refractivity contribution in [3.05, 3.63) is 90.0 Å². The third kappa shape index (κ3) is 6.70. The van der Waals surface area contributed by atoms with E-state index in [1.165, 1.54) is 9.80 Å². The molecule has 2 aromatic rings. The number of nitrogens with zero attached hydrogens (tertiary/aromatic N) is 2. The number of nitrogens with one attached hydrogen (secondary N) is 1. The normalized spacial score (nSPS) is 26.1. The van der Waals surface area contributed by atoms with Crippen molar-refractivity contribution in [2.75, 3.05) is 31.2 Å². The first-order valence-corrected chi connectivity index (χ1v) is 17.4. The van der Waals surface area contributed by atoms with Crippen LogP contribution in [0, 0.1) is 18.8 Å². The number of likely N-dealkylation sites (tertiary alicyclic amines) is 1. The van der Waals surface area contributed by atoms with Crippen LogP contribution >= 0.6 is 27.5 Å². The predicted molar refractivity (Wildman–Crippen MR) is 186 cm³/mol. The molecule has 2 aromatic carbocycles. The Labute approximate surface area is 294 Å². The minimum absolute atomic E-state index is 0.0933. The Morgan fingerprint density at radius 3 is 2.62 bits per heavy atom. The van der Waals surface area contributed by atoms with Crippen molar-refractivity contribution in [1.82, 2.24) is 10.2 Å². The van der Waals surface area contributed by atoms with E-state index in [4.69, 9.17) is 21.1 Å². The van der Waals surface area contributed by atoms with Crippen LogP contribution < -0.4 is 10.2 Å². The summed E-state index contributed by atoms with van der Waals surface area (Å²) < 4.78 is 12.2. The molecule has 5 rings (SSSR count). The molecule has 2 N–H and O–H groups in total. The molecule has 3 saturated heterocycles. The number of hydrogen-bond donors (Lipinski definition) is 2. The highest BCUT2D eigenvalue weighted by Gasteiger charge is 2.76. The number of aryl methyl sites for hydroxylation is 1. The summed E-state index contributed by atoms with van der Waals surface area (Å²) in [5, 5.41) is 13.1. The van der Waals surface area contributed by atoms with Crippen molar-refractivity contribution in [2.45, 2.75) is 61.2 Å². The van der Waals surface area contributed by atoms with Crippen molar-refractivity contribution in [3.8, 4) is 0 Å². The van der Waals surface area contributed by atoms with E-state index in [0.717, 1.165) is 11.1 Å². The number of allylic oxidation sites excluding steroid dienone is 1. The number of alkyl halides is 1. The second kappa shape index (κ2) is 15.4. The van der Waals surface area contributed by atoms with Crippen molar-refractivity contribution < 1.29 is 33.8 Å². The first-order valence-electron chi connectivity index (χ1n) is 16.1. The number of fused-ring (bicyclic) bond motifs is 1. The summed E-state index contributed by atoms with van der Waals surface area (Å²) in [4.78, 5) is 58.5. The van der Waals surface area contributed by atoms with Crippen LogP contribution in [0.3, 0.4) is 0 Å². The maximum Gasteiger partial charge on any atom is 0.306 e. The van der Waals surface area contributed by atoms with Gasteiger partial charge in [-0.2, -0.15) is 0 Å². The largest absolute Gasteiger partial charge is 0.463 e. The number of benzene rings is 2. The highest BCUT2D eigenvalue weighted by molar-refractivity contribution is 9.09. The molecule has 3 aliphatic rings. The molecule has 3 fully saturated rings. The smallest absolute Gasteiger partial charge is 0.306 e. The van der Waals surface area contributed by atoms with Crippen LogP contribution in [0.1, 0.15) is 42.9 Å². The summed E-state index contributed by atoms with van der Waals surface area (Å²) in [7, 11) is 0. The molecule has 2 bridgehead atoms. The standard InChI is InChI=1S/C36H41BrClN3O7/c1-4-6-16-27(43)47-21-26(23-13-8-7-9-14-23)39-33(44)28-29-34(45)41(18-11-19-42)32(36(29)20-24(37)31(28)48-36)35(46)40(17-5-2)30-22(3)12-10-15-25(30)38/h4-5,7-10,12-15,24,26,28-29,31-32,42H,1-2,6,11,16-21H2,3H3,(H,39,44)/t24?,26-,28+,29-,31+,32+,36-/m1/s1. The molecule has 48 heavy (non-hydrogen) atoms. The number of aliphatic hydroxyl groups is 1. The fraction of sp³-hybridized carbons (Fsp3) is 0.444. The number of para-hydroxylation sites is 1. The van der Waals surface area contributed by atoms with Crippen molar-refractivity contribution in [2.24, 2.45) is 11.8 Å². The molecule has 0 radical (unpaired) electrons. The van der Waals surface area contributed by atoms with Gasteiger partial charge >= 0.3 is 5.97 Å². The lowest BCUT2D eigenvalue weighted by molar-refractivity contribution is -0.145. The van der Waals surface area contributed by atoms with Crippen molar-refractivity contribution in [3.63, 3.8) is 0 Å². The molecule has 3 heterocycles. The third-order valence-electron chi connectivity index (χ3n) is 9.40. The van der Waals surface area contributed by atoms with Gasteiger partial charge in [0.15, 0.2) is 0 Å². The minimum Gasteiger partial charge on any atom is -0.463 e. The lowest BCUT2D eigenvalue weighted by Gasteiger charge is -2.37. The Kier molecular flexibility index (Phi) is 11.5. The second-order valence-corrected chi connectivity index (χ2v) is 14.0. The van der Waals surface area contributed by atoms with Crippen LogP contribution in [-0.4, -0.2) is 82.6 Å². The first kappa shape index (κ1) is 35.8. The molecule has 10 nitrogen and oxygen atoms in total. The van der Waals surface area contributed by atoms with Crippen LogP contribution in [0.5, 0.6) is 0 Å². The predicted octanol–water partition coefficient (Wildman–Crippen LogP) is 4.66. The summed E-state index contributed by atoms with van der Waals surface area (Å²) in [6.45, 7) is 9.25. The summed E-state index contributed by atoms with van der Waals surface area (Å²) >= 11 is 10.3. The monoisotopic (exact) mass is 741 g/mol. The Hall–Kier alpha value is -3.51. The van der Waals surface area contributed by atoms with Gasteiger partial charge in [-0.15, -0.1) is 13.2 Å². The number of carbonyl (C=O) groups excluding carboxylic acids is 4. The van der Waals surface area contributed by atoms with Gasteiger partial charge in [0.05, 0.1) is 34.7 Å². The highest BCUT2D eigenvalue weighted by atomic mass is 79.9. The Morgan fingerprint density at radius 1 is 1.21 bits per heavy atom. The van der Waals surface area contributed by atoms with Gasteiger partial charge < -0.3 is 29.7 Å². The fourth-order valence-electron chi connectivity index (χ4n) is 7.37. The number of aliphatic hydroxyl groups excluding tert-OH is 1. The van der Waals surface area contributed by atoms with Gasteiger partial charge in [0.2, 0.25) is 11.8 Å². The zero-order valence-electron chi connectivity index (χ0n) is 26.9. The van der Waals surface area contributed by atoms with E-state index < -0.39 is 53.4 Å². The third-order valence-corrected chi connectivity index (χ3v) is 10.6. The number of amides is 3. The van der Waals surface area contributed by atoms with Gasteiger partial charge in [0, 0.05) is 30.9 Å². The van der Waals surface area contributed by atoms with Gasteiger partial charge in [-0.05, 0) is 43.4 Å². The molecule has 3 aliphatic heterocycles. The number of rotatable bonds is 15. The minimum atomic E-state index is -1.32. The van der Waals surface area contributed by atoms with E-state index in [9.17, 15) is 24.3 Å². The van der Waals surface area contributed by atoms with Crippen LogP contribution in [-0.2, 0) is 28.7 Å².